The van der Waals surface area contributed by atoms with Crippen LogP contribution in [0.5, 0.6) is 0 Å². The molecule has 3 aromatic rings. The number of rotatable bonds is 5. The third-order valence-corrected chi connectivity index (χ3v) is 6.01. The van der Waals surface area contributed by atoms with E-state index in [1.807, 2.05) is 18.2 Å². The topological polar surface area (TPSA) is 87.6 Å². The lowest BCUT2D eigenvalue weighted by atomic mass is 9.96. The van der Waals surface area contributed by atoms with E-state index in [9.17, 15) is 9.90 Å². The minimum atomic E-state index is -0.211. The van der Waals surface area contributed by atoms with Crippen LogP contribution in [-0.2, 0) is 4.74 Å². The van der Waals surface area contributed by atoms with E-state index in [1.165, 1.54) is 0 Å². The van der Waals surface area contributed by atoms with Crippen molar-refractivity contribution in [2.45, 2.75) is 31.9 Å². The summed E-state index contributed by atoms with van der Waals surface area (Å²) in [5.41, 5.74) is 3.88. The zero-order valence-corrected chi connectivity index (χ0v) is 17.5. The minimum absolute atomic E-state index is 0.0107. The summed E-state index contributed by atoms with van der Waals surface area (Å²) < 4.78 is 5.57. The van der Waals surface area contributed by atoms with Gasteiger partial charge in [-0.15, -0.1) is 5.10 Å². The number of hydrogen-bond donors (Lipinski definition) is 2. The molecular formula is C24H26N4O3. The fourth-order valence-corrected chi connectivity index (χ4v) is 4.07. The number of carbonyl (C=O) groups is 1. The second kappa shape index (κ2) is 8.24. The SMILES string of the molecule is Cc1ccc(C(=O)NC2CC2)cc1-c1ccc2c(N3CCO[C@@H](CO)C3)nncc2c1. The predicted octanol–water partition coefficient (Wildman–Crippen LogP) is 2.69. The van der Waals surface area contributed by atoms with Crippen LogP contribution in [0.1, 0.15) is 28.8 Å². The molecule has 7 nitrogen and oxygen atoms in total. The second-order valence-electron chi connectivity index (χ2n) is 8.37. The Balaban J connectivity index is 1.48. The van der Waals surface area contributed by atoms with Crippen molar-refractivity contribution in [3.63, 3.8) is 0 Å². The van der Waals surface area contributed by atoms with Crippen LogP contribution in [0.4, 0.5) is 5.82 Å². The molecule has 2 N–H and O–H groups in total. The van der Waals surface area contributed by atoms with E-state index in [1.54, 1.807) is 6.20 Å². The van der Waals surface area contributed by atoms with Gasteiger partial charge in [-0.2, -0.15) is 5.10 Å². The molecule has 160 valence electrons. The van der Waals surface area contributed by atoms with Gasteiger partial charge < -0.3 is 20.1 Å². The molecule has 31 heavy (non-hydrogen) atoms. The summed E-state index contributed by atoms with van der Waals surface area (Å²) in [4.78, 5) is 14.6. The molecule has 1 aliphatic carbocycles. The lowest BCUT2D eigenvalue weighted by Gasteiger charge is -2.33. The molecule has 2 aromatic carbocycles. The Morgan fingerprint density at radius 3 is 2.94 bits per heavy atom. The van der Waals surface area contributed by atoms with Crippen molar-refractivity contribution in [2.24, 2.45) is 0 Å². The molecule has 0 radical (unpaired) electrons. The van der Waals surface area contributed by atoms with Crippen molar-refractivity contribution < 1.29 is 14.6 Å². The first-order valence-electron chi connectivity index (χ1n) is 10.8. The molecule has 2 heterocycles. The number of morpholine rings is 1. The summed E-state index contributed by atoms with van der Waals surface area (Å²) in [6, 6.07) is 12.4. The monoisotopic (exact) mass is 418 g/mol. The van der Waals surface area contributed by atoms with Crippen molar-refractivity contribution in [2.75, 3.05) is 31.2 Å². The number of aromatic nitrogens is 2. The summed E-state index contributed by atoms with van der Waals surface area (Å²) >= 11 is 0. The lowest BCUT2D eigenvalue weighted by molar-refractivity contribution is 0.00340. The zero-order chi connectivity index (χ0) is 21.4. The van der Waals surface area contributed by atoms with E-state index in [4.69, 9.17) is 4.74 Å². The van der Waals surface area contributed by atoms with Crippen LogP contribution in [0.25, 0.3) is 21.9 Å². The van der Waals surface area contributed by atoms with E-state index in [-0.39, 0.29) is 18.6 Å². The number of nitrogens with one attached hydrogen (secondary N) is 1. The Hall–Kier alpha value is -3.03. The number of anilines is 1. The Morgan fingerprint density at radius 2 is 2.13 bits per heavy atom. The first-order valence-corrected chi connectivity index (χ1v) is 10.8. The van der Waals surface area contributed by atoms with Gasteiger partial charge in [0.2, 0.25) is 0 Å². The number of amides is 1. The normalized spacial score (nSPS) is 18.9. The summed E-state index contributed by atoms with van der Waals surface area (Å²) in [6.07, 6.45) is 3.70. The van der Waals surface area contributed by atoms with Gasteiger partial charge in [0.1, 0.15) is 0 Å². The van der Waals surface area contributed by atoms with Gasteiger partial charge in [0, 0.05) is 35.5 Å². The first kappa shape index (κ1) is 19.9. The van der Waals surface area contributed by atoms with Crippen LogP contribution in [0.15, 0.2) is 42.6 Å². The third kappa shape index (κ3) is 4.11. The number of nitrogens with zero attached hydrogens (tertiary/aromatic N) is 3. The average Bonchev–Trinajstić information content (AvgIpc) is 3.62. The van der Waals surface area contributed by atoms with E-state index in [0.29, 0.717) is 31.3 Å². The maximum absolute atomic E-state index is 12.5. The molecule has 1 saturated carbocycles. The number of hydrogen-bond acceptors (Lipinski definition) is 6. The number of aryl methyl sites for hydroxylation is 1. The number of ether oxygens (including phenoxy) is 1. The van der Waals surface area contributed by atoms with Crippen LogP contribution in [0, 0.1) is 6.92 Å². The van der Waals surface area contributed by atoms with Gasteiger partial charge in [-0.1, -0.05) is 12.1 Å². The Bertz CT molecular complexity index is 1130. The highest BCUT2D eigenvalue weighted by Gasteiger charge is 2.24. The van der Waals surface area contributed by atoms with Crippen molar-refractivity contribution in [3.05, 3.63) is 53.7 Å². The van der Waals surface area contributed by atoms with E-state index < -0.39 is 0 Å². The highest BCUT2D eigenvalue weighted by atomic mass is 16.5. The molecule has 0 spiro atoms. The maximum atomic E-state index is 12.5. The first-order chi connectivity index (χ1) is 15.1. The molecule has 5 rings (SSSR count). The number of benzene rings is 2. The molecule has 2 aliphatic rings. The average molecular weight is 418 g/mol. The van der Waals surface area contributed by atoms with Gasteiger partial charge in [0.25, 0.3) is 5.91 Å². The summed E-state index contributed by atoms with van der Waals surface area (Å²) in [6.45, 7) is 3.90. The molecule has 0 unspecified atom stereocenters. The fourth-order valence-electron chi connectivity index (χ4n) is 4.07. The smallest absolute Gasteiger partial charge is 0.251 e. The predicted molar refractivity (Wildman–Crippen MR) is 119 cm³/mol. The standard InChI is InChI=1S/C24H26N4O3/c1-15-2-3-17(24(30)26-19-5-6-19)11-22(15)16-4-7-21-18(10-16)12-25-27-23(21)28-8-9-31-20(13-28)14-29/h2-4,7,10-12,19-20,29H,5-6,8-9,13-14H2,1H3,(H,26,30)/t20-/m1/s1. The van der Waals surface area contributed by atoms with Gasteiger partial charge >= 0.3 is 0 Å². The van der Waals surface area contributed by atoms with E-state index in [2.05, 4.69) is 45.5 Å². The van der Waals surface area contributed by atoms with Gasteiger partial charge in [0.05, 0.1) is 25.5 Å². The molecule has 1 saturated heterocycles. The Labute approximate surface area is 181 Å². The van der Waals surface area contributed by atoms with Crippen LogP contribution < -0.4 is 10.2 Å². The highest BCUT2D eigenvalue weighted by Crippen LogP contribution is 2.31. The molecule has 1 atom stereocenters. The molecule has 1 amide bonds. The van der Waals surface area contributed by atoms with Gasteiger partial charge in [0.15, 0.2) is 5.82 Å². The van der Waals surface area contributed by atoms with Gasteiger partial charge in [-0.25, -0.2) is 0 Å². The number of carbonyl (C=O) groups excluding carboxylic acids is 1. The Kier molecular flexibility index (Phi) is 5.29. The highest BCUT2D eigenvalue weighted by molar-refractivity contribution is 5.98. The number of aliphatic hydroxyl groups is 1. The Morgan fingerprint density at radius 1 is 1.26 bits per heavy atom. The van der Waals surface area contributed by atoms with Gasteiger partial charge in [-0.05, 0) is 60.7 Å². The van der Waals surface area contributed by atoms with Crippen molar-refractivity contribution in [1.82, 2.24) is 15.5 Å². The molecule has 1 aliphatic heterocycles. The lowest BCUT2D eigenvalue weighted by Crippen LogP contribution is -2.44. The molecular weight excluding hydrogens is 392 g/mol. The summed E-state index contributed by atoms with van der Waals surface area (Å²) in [5, 5.41) is 23.1. The van der Waals surface area contributed by atoms with Crippen LogP contribution in [-0.4, -0.2) is 59.7 Å². The van der Waals surface area contributed by atoms with Crippen LogP contribution in [0.2, 0.25) is 0 Å². The van der Waals surface area contributed by atoms with Gasteiger partial charge in [-0.3, -0.25) is 4.79 Å². The van der Waals surface area contributed by atoms with Crippen molar-refractivity contribution >= 4 is 22.5 Å². The third-order valence-electron chi connectivity index (χ3n) is 6.01. The van der Waals surface area contributed by atoms with Crippen molar-refractivity contribution in [1.29, 1.82) is 0 Å². The second-order valence-corrected chi connectivity index (χ2v) is 8.37. The molecule has 2 fully saturated rings. The van der Waals surface area contributed by atoms with E-state index in [0.717, 1.165) is 46.1 Å². The molecule has 0 bridgehead atoms. The summed E-state index contributed by atoms with van der Waals surface area (Å²) in [5.74, 6) is 0.795. The van der Waals surface area contributed by atoms with Crippen LogP contribution in [0.3, 0.4) is 0 Å². The van der Waals surface area contributed by atoms with Crippen molar-refractivity contribution in [3.8, 4) is 11.1 Å². The fraction of sp³-hybridized carbons (Fsp3) is 0.375. The van der Waals surface area contributed by atoms with Crippen LogP contribution >= 0.6 is 0 Å². The summed E-state index contributed by atoms with van der Waals surface area (Å²) in [7, 11) is 0. The number of aliphatic hydroxyl groups excluding tert-OH is 1. The zero-order valence-electron chi connectivity index (χ0n) is 17.5. The minimum Gasteiger partial charge on any atom is -0.394 e. The van der Waals surface area contributed by atoms with E-state index >= 15 is 0 Å². The molecule has 1 aromatic heterocycles. The molecule has 7 heteroatoms. The quantitative estimate of drug-likeness (QED) is 0.663. The largest absolute Gasteiger partial charge is 0.394 e. The number of fused-ring (bicyclic) bond motifs is 1. The maximum Gasteiger partial charge on any atom is 0.251 e.